The van der Waals surface area contributed by atoms with Crippen molar-refractivity contribution < 1.29 is 23.8 Å². The number of nitrogens with one attached hydrogen (secondary N) is 2. The van der Waals surface area contributed by atoms with E-state index in [-0.39, 0.29) is 18.4 Å². The Balaban J connectivity index is 2.04. The van der Waals surface area contributed by atoms with Crippen LogP contribution < -0.4 is 24.8 Å². The number of anilines is 1. The molecule has 2 rings (SSSR count). The predicted molar refractivity (Wildman–Crippen MR) is 111 cm³/mol. The summed E-state index contributed by atoms with van der Waals surface area (Å²) in [5.74, 6) is 1.14. The molecule has 2 aromatic carbocycles. The molecule has 8 heteroatoms. The zero-order chi connectivity index (χ0) is 19.8. The Labute approximate surface area is 171 Å². The molecule has 0 atom stereocenters. The summed E-state index contributed by atoms with van der Waals surface area (Å²) in [6.45, 7) is 2.35. The molecule has 0 aromatic heterocycles. The number of hydrogen-bond donors (Lipinski definition) is 2. The molecule has 0 aliphatic rings. The van der Waals surface area contributed by atoms with Crippen molar-refractivity contribution >= 4 is 40.1 Å². The highest BCUT2D eigenvalue weighted by molar-refractivity contribution is 14.1. The molecule has 0 saturated heterocycles. The molecular formula is C19H21IN2O5. The molecule has 0 aliphatic heterocycles. The zero-order valence-electron chi connectivity index (χ0n) is 15.3. The fraction of sp³-hybridized carbons (Fsp3) is 0.263. The number of hydrogen-bond acceptors (Lipinski definition) is 5. The Morgan fingerprint density at radius 1 is 1.04 bits per heavy atom. The fourth-order valence-corrected chi connectivity index (χ4v) is 2.94. The SMILES string of the molecule is CCNC(=O)COc1ccc(NC(=O)c2cc(OC)c(OC)cc2I)cc1. The van der Waals surface area contributed by atoms with Gasteiger partial charge in [0.15, 0.2) is 18.1 Å². The molecule has 2 N–H and O–H groups in total. The second-order valence-corrected chi connectivity index (χ2v) is 6.57. The van der Waals surface area contributed by atoms with Gasteiger partial charge in [0.05, 0.1) is 19.8 Å². The monoisotopic (exact) mass is 484 g/mol. The molecule has 0 unspecified atom stereocenters. The van der Waals surface area contributed by atoms with Crippen LogP contribution in [-0.4, -0.2) is 39.2 Å². The second kappa shape index (κ2) is 10.0. The number of benzene rings is 2. The van der Waals surface area contributed by atoms with E-state index in [4.69, 9.17) is 14.2 Å². The van der Waals surface area contributed by atoms with Gasteiger partial charge in [-0.25, -0.2) is 0 Å². The van der Waals surface area contributed by atoms with Gasteiger partial charge in [0.25, 0.3) is 11.8 Å². The molecule has 7 nitrogen and oxygen atoms in total. The molecule has 27 heavy (non-hydrogen) atoms. The lowest BCUT2D eigenvalue weighted by Gasteiger charge is -2.12. The molecule has 2 amide bonds. The van der Waals surface area contributed by atoms with Crippen LogP contribution in [0, 0.1) is 3.57 Å². The van der Waals surface area contributed by atoms with Crippen molar-refractivity contribution in [3.63, 3.8) is 0 Å². The van der Waals surface area contributed by atoms with Crippen molar-refractivity contribution in [3.05, 3.63) is 45.5 Å². The number of ether oxygens (including phenoxy) is 3. The highest BCUT2D eigenvalue weighted by Crippen LogP contribution is 2.31. The summed E-state index contributed by atoms with van der Waals surface area (Å²) in [6.07, 6.45) is 0. The van der Waals surface area contributed by atoms with E-state index in [1.54, 1.807) is 43.5 Å². The lowest BCUT2D eigenvalue weighted by atomic mass is 10.2. The van der Waals surface area contributed by atoms with Gasteiger partial charge in [-0.1, -0.05) is 0 Å². The van der Waals surface area contributed by atoms with Gasteiger partial charge in [-0.15, -0.1) is 0 Å². The molecule has 0 bridgehead atoms. The van der Waals surface area contributed by atoms with Gasteiger partial charge in [0.1, 0.15) is 5.75 Å². The van der Waals surface area contributed by atoms with Gasteiger partial charge in [-0.2, -0.15) is 0 Å². The standard InChI is InChI=1S/C19H21IN2O5/c1-4-21-18(23)11-27-13-7-5-12(6-8-13)22-19(24)14-9-16(25-2)17(26-3)10-15(14)20/h5-10H,4,11H2,1-3H3,(H,21,23)(H,22,24). The summed E-state index contributed by atoms with van der Waals surface area (Å²) in [6, 6.07) is 10.2. The minimum absolute atomic E-state index is 0.0522. The third-order valence-electron chi connectivity index (χ3n) is 3.57. The summed E-state index contributed by atoms with van der Waals surface area (Å²) in [4.78, 5) is 24.0. The topological polar surface area (TPSA) is 85.9 Å². The number of carbonyl (C=O) groups is 2. The molecule has 0 saturated carbocycles. The molecule has 2 aromatic rings. The fourth-order valence-electron chi connectivity index (χ4n) is 2.26. The van der Waals surface area contributed by atoms with E-state index in [9.17, 15) is 9.59 Å². The highest BCUT2D eigenvalue weighted by atomic mass is 127. The van der Waals surface area contributed by atoms with Crippen molar-refractivity contribution in [1.29, 1.82) is 0 Å². The van der Waals surface area contributed by atoms with Crippen molar-refractivity contribution in [3.8, 4) is 17.2 Å². The maximum atomic E-state index is 12.6. The van der Waals surface area contributed by atoms with E-state index in [1.807, 2.05) is 6.92 Å². The first-order chi connectivity index (χ1) is 13.0. The number of halogens is 1. The van der Waals surface area contributed by atoms with Crippen LogP contribution in [0.4, 0.5) is 5.69 Å². The summed E-state index contributed by atoms with van der Waals surface area (Å²) in [7, 11) is 3.06. The van der Waals surface area contributed by atoms with Crippen LogP contribution in [0.25, 0.3) is 0 Å². The second-order valence-electron chi connectivity index (χ2n) is 5.41. The van der Waals surface area contributed by atoms with E-state index in [0.717, 1.165) is 3.57 Å². The Kier molecular flexibility index (Phi) is 7.71. The van der Waals surface area contributed by atoms with Crippen molar-refractivity contribution in [2.75, 3.05) is 32.7 Å². The number of likely N-dealkylation sites (N-methyl/N-ethyl adjacent to an activating group) is 1. The van der Waals surface area contributed by atoms with E-state index >= 15 is 0 Å². The van der Waals surface area contributed by atoms with E-state index < -0.39 is 0 Å². The van der Waals surface area contributed by atoms with Crippen LogP contribution in [0.15, 0.2) is 36.4 Å². The van der Waals surface area contributed by atoms with Gasteiger partial charge in [-0.3, -0.25) is 9.59 Å². The predicted octanol–water partition coefficient (Wildman–Crippen LogP) is 3.08. The zero-order valence-corrected chi connectivity index (χ0v) is 17.5. The molecule has 0 radical (unpaired) electrons. The molecule has 144 valence electrons. The lowest BCUT2D eigenvalue weighted by molar-refractivity contribution is -0.122. The summed E-state index contributed by atoms with van der Waals surface area (Å²) < 4.78 is 16.6. The maximum absolute atomic E-state index is 12.6. The van der Waals surface area contributed by atoms with E-state index in [1.165, 1.54) is 7.11 Å². The maximum Gasteiger partial charge on any atom is 0.257 e. The van der Waals surface area contributed by atoms with Crippen molar-refractivity contribution in [1.82, 2.24) is 5.32 Å². The summed E-state index contributed by atoms with van der Waals surface area (Å²) in [5, 5.41) is 5.48. The van der Waals surface area contributed by atoms with Crippen molar-refractivity contribution in [2.45, 2.75) is 6.92 Å². The average Bonchev–Trinajstić information content (AvgIpc) is 2.67. The molecule has 0 fully saturated rings. The minimum atomic E-state index is -0.267. The Morgan fingerprint density at radius 2 is 1.67 bits per heavy atom. The minimum Gasteiger partial charge on any atom is -0.493 e. The number of carbonyl (C=O) groups excluding carboxylic acids is 2. The van der Waals surface area contributed by atoms with Crippen LogP contribution in [0.2, 0.25) is 0 Å². The number of methoxy groups -OCH3 is 2. The largest absolute Gasteiger partial charge is 0.493 e. The van der Waals surface area contributed by atoms with Crippen molar-refractivity contribution in [2.24, 2.45) is 0 Å². The van der Waals surface area contributed by atoms with Crippen LogP contribution >= 0.6 is 22.6 Å². The first kappa shape index (κ1) is 20.8. The van der Waals surface area contributed by atoms with Crippen LogP contribution in [0.1, 0.15) is 17.3 Å². The van der Waals surface area contributed by atoms with E-state index in [0.29, 0.717) is 35.0 Å². The highest BCUT2D eigenvalue weighted by Gasteiger charge is 2.15. The van der Waals surface area contributed by atoms with Gasteiger partial charge in [-0.05, 0) is 65.9 Å². The third kappa shape index (κ3) is 5.75. The molecule has 0 heterocycles. The first-order valence-corrected chi connectivity index (χ1v) is 9.28. The lowest BCUT2D eigenvalue weighted by Crippen LogP contribution is -2.28. The van der Waals surface area contributed by atoms with Crippen LogP contribution in [-0.2, 0) is 4.79 Å². The first-order valence-electron chi connectivity index (χ1n) is 8.21. The summed E-state index contributed by atoms with van der Waals surface area (Å²) >= 11 is 2.08. The molecule has 0 aliphatic carbocycles. The molecule has 0 spiro atoms. The average molecular weight is 484 g/mol. The number of rotatable bonds is 8. The van der Waals surface area contributed by atoms with Gasteiger partial charge in [0, 0.05) is 15.8 Å². The number of amides is 2. The van der Waals surface area contributed by atoms with Crippen LogP contribution in [0.5, 0.6) is 17.2 Å². The summed E-state index contributed by atoms with van der Waals surface area (Å²) in [5.41, 5.74) is 1.08. The molecular weight excluding hydrogens is 463 g/mol. The smallest absolute Gasteiger partial charge is 0.257 e. The van der Waals surface area contributed by atoms with Gasteiger partial charge < -0.3 is 24.8 Å². The van der Waals surface area contributed by atoms with Gasteiger partial charge in [0.2, 0.25) is 0 Å². The van der Waals surface area contributed by atoms with E-state index in [2.05, 4.69) is 33.2 Å². The third-order valence-corrected chi connectivity index (χ3v) is 4.47. The van der Waals surface area contributed by atoms with Crippen LogP contribution in [0.3, 0.4) is 0 Å². The Bertz CT molecular complexity index is 808. The van der Waals surface area contributed by atoms with Gasteiger partial charge >= 0.3 is 0 Å². The Morgan fingerprint density at radius 3 is 2.26 bits per heavy atom. The quantitative estimate of drug-likeness (QED) is 0.563. The Hall–Kier alpha value is -2.49. The normalized spacial score (nSPS) is 10.1.